The van der Waals surface area contributed by atoms with E-state index < -0.39 is 0 Å². The Hall–Kier alpha value is -3.43. The first-order chi connectivity index (χ1) is 15.5. The second-order valence-corrected chi connectivity index (χ2v) is 9.11. The predicted molar refractivity (Wildman–Crippen MR) is 125 cm³/mol. The van der Waals surface area contributed by atoms with E-state index in [1.54, 1.807) is 0 Å². The van der Waals surface area contributed by atoms with Crippen LogP contribution in [0.1, 0.15) is 42.3 Å². The molecule has 2 aromatic heterocycles. The van der Waals surface area contributed by atoms with Crippen molar-refractivity contribution >= 4 is 28.2 Å². The molecule has 1 aliphatic carbocycles. The van der Waals surface area contributed by atoms with Gasteiger partial charge in [0, 0.05) is 34.2 Å². The number of benzene rings is 2. The molecule has 0 N–H and O–H groups in total. The fourth-order valence-corrected chi connectivity index (χ4v) is 4.48. The van der Waals surface area contributed by atoms with Gasteiger partial charge in [-0.25, -0.2) is 0 Å². The first-order valence-corrected chi connectivity index (χ1v) is 11.2. The molecule has 2 aromatic carbocycles. The van der Waals surface area contributed by atoms with Gasteiger partial charge in [0.1, 0.15) is 11.6 Å². The van der Waals surface area contributed by atoms with Crippen LogP contribution in [0, 0.1) is 31.1 Å². The summed E-state index contributed by atoms with van der Waals surface area (Å²) >= 11 is 0. The number of rotatable bonds is 1. The van der Waals surface area contributed by atoms with Crippen LogP contribution in [0.2, 0.25) is 0 Å². The molecule has 0 atom stereocenters. The van der Waals surface area contributed by atoms with E-state index in [-0.39, 0.29) is 5.41 Å². The number of hydrogen-bond donors (Lipinski definition) is 0. The molecule has 1 fully saturated rings. The zero-order chi connectivity index (χ0) is 21.9. The molecule has 4 aromatic rings. The summed E-state index contributed by atoms with van der Waals surface area (Å²) in [6, 6.07) is 12.7. The lowest BCUT2D eigenvalue weighted by Gasteiger charge is -2.26. The first-order valence-electron chi connectivity index (χ1n) is 11.2. The minimum atomic E-state index is 0.180. The average Bonchev–Trinajstić information content (AvgIpc) is 3.47. The van der Waals surface area contributed by atoms with Crippen molar-refractivity contribution in [3.05, 3.63) is 58.9 Å². The zero-order valence-corrected chi connectivity index (χ0v) is 18.6. The normalized spacial score (nSPS) is 17.0. The third-order valence-corrected chi connectivity index (χ3v) is 6.63. The van der Waals surface area contributed by atoms with Gasteiger partial charge in [0.2, 0.25) is 0 Å². The molecule has 0 unspecified atom stereocenters. The second-order valence-electron chi connectivity index (χ2n) is 9.11. The Labute approximate surface area is 187 Å². The van der Waals surface area contributed by atoms with Crippen LogP contribution in [-0.4, -0.2) is 32.7 Å². The lowest BCUT2D eigenvalue weighted by molar-refractivity contribution is 0.133. The molecule has 0 bridgehead atoms. The number of hydrogen-bond acceptors (Lipinski definition) is 5. The Kier molecular flexibility index (Phi) is 4.24. The number of anilines is 2. The van der Waals surface area contributed by atoms with Crippen LogP contribution in [0.3, 0.4) is 0 Å². The molecule has 0 radical (unpaired) electrons. The van der Waals surface area contributed by atoms with E-state index in [9.17, 15) is 0 Å². The molecule has 0 spiro atoms. The largest absolute Gasteiger partial charge is 0.375 e. The number of fused-ring (bicyclic) bond motifs is 4. The summed E-state index contributed by atoms with van der Waals surface area (Å²) in [5.41, 5.74) is 5.69. The molecular weight excluding hydrogens is 398 g/mol. The van der Waals surface area contributed by atoms with Crippen molar-refractivity contribution in [2.75, 3.05) is 18.1 Å². The van der Waals surface area contributed by atoms with E-state index in [0.717, 1.165) is 39.4 Å². The topological polar surface area (TPSA) is 55.5 Å². The smallest absolute Gasteiger partial charge is 0.257 e. The first kappa shape index (κ1) is 19.3. The highest BCUT2D eigenvalue weighted by atomic mass is 16.5. The van der Waals surface area contributed by atoms with Gasteiger partial charge in [-0.3, -0.25) is 4.40 Å². The van der Waals surface area contributed by atoms with Gasteiger partial charge in [-0.15, -0.1) is 10.2 Å². The van der Waals surface area contributed by atoms with E-state index >= 15 is 0 Å². The van der Waals surface area contributed by atoms with E-state index in [2.05, 4.69) is 77.2 Å². The monoisotopic (exact) mass is 423 g/mol. The molecule has 3 heterocycles. The maximum atomic E-state index is 6.02. The third kappa shape index (κ3) is 3.04. The second kappa shape index (κ2) is 7.04. The number of aromatic nitrogens is 4. The van der Waals surface area contributed by atoms with E-state index in [4.69, 9.17) is 9.72 Å². The highest BCUT2D eigenvalue weighted by molar-refractivity contribution is 5.96. The summed E-state index contributed by atoms with van der Waals surface area (Å²) < 4.78 is 8.05. The highest BCUT2D eigenvalue weighted by Crippen LogP contribution is 2.44. The highest BCUT2D eigenvalue weighted by Gasteiger charge is 2.35. The van der Waals surface area contributed by atoms with Crippen molar-refractivity contribution in [1.82, 2.24) is 19.6 Å². The summed E-state index contributed by atoms with van der Waals surface area (Å²) in [5, 5.41) is 9.73. The van der Waals surface area contributed by atoms with Gasteiger partial charge in [-0.1, -0.05) is 30.0 Å². The fraction of sp³-hybridized carbons (Fsp3) is 0.346. The Balaban J connectivity index is 1.59. The summed E-state index contributed by atoms with van der Waals surface area (Å²) in [6.07, 6.45) is 2.37. The van der Waals surface area contributed by atoms with Crippen LogP contribution in [0.4, 0.5) is 11.5 Å². The number of ether oxygens (including phenoxy) is 1. The molecule has 6 nitrogen and oxygen atoms in total. The molecular formula is C26H25N5O. The van der Waals surface area contributed by atoms with Crippen LogP contribution < -0.4 is 4.90 Å². The SMILES string of the molecule is Cc1cccc2c1c(N1CCOCc3c(C#CC4(C)CC4)cccc31)nc1nnc(C)n12. The van der Waals surface area contributed by atoms with Gasteiger partial charge in [0.25, 0.3) is 5.78 Å². The molecule has 6 rings (SSSR count). The molecule has 6 heteroatoms. The standard InChI is InChI=1S/C26H25N5O/c1-17-6-4-9-22-23(17)24(27-25-29-28-18(2)31(22)25)30-14-15-32-16-20-19(7-5-8-21(20)30)10-11-26(3)12-13-26/h4-9H,12-16H2,1-3H3. The third-order valence-electron chi connectivity index (χ3n) is 6.63. The number of nitrogens with zero attached hydrogens (tertiary/aromatic N) is 5. The molecule has 0 amide bonds. The van der Waals surface area contributed by atoms with Crippen LogP contribution >= 0.6 is 0 Å². The Bertz CT molecular complexity index is 1440. The summed E-state index contributed by atoms with van der Waals surface area (Å²) in [5.74, 6) is 9.27. The Morgan fingerprint density at radius 3 is 2.75 bits per heavy atom. The molecule has 160 valence electrons. The van der Waals surface area contributed by atoms with Crippen LogP contribution in [0.15, 0.2) is 36.4 Å². The van der Waals surface area contributed by atoms with Crippen molar-refractivity contribution in [2.45, 2.75) is 40.2 Å². The molecule has 0 saturated heterocycles. The lowest BCUT2D eigenvalue weighted by atomic mass is 10.0. The molecule has 1 saturated carbocycles. The summed E-state index contributed by atoms with van der Waals surface area (Å²) in [4.78, 5) is 7.27. The minimum Gasteiger partial charge on any atom is -0.375 e. The van der Waals surface area contributed by atoms with Gasteiger partial charge in [-0.05, 0) is 57.4 Å². The van der Waals surface area contributed by atoms with Gasteiger partial charge in [0.05, 0.1) is 18.7 Å². The van der Waals surface area contributed by atoms with Crippen LogP contribution in [-0.2, 0) is 11.3 Å². The minimum absolute atomic E-state index is 0.180. The zero-order valence-electron chi connectivity index (χ0n) is 18.6. The summed E-state index contributed by atoms with van der Waals surface area (Å²) in [7, 11) is 0. The van der Waals surface area contributed by atoms with E-state index in [1.807, 2.05) is 11.3 Å². The van der Waals surface area contributed by atoms with Crippen LogP contribution in [0.5, 0.6) is 0 Å². The average molecular weight is 424 g/mol. The van der Waals surface area contributed by atoms with Gasteiger partial charge < -0.3 is 9.64 Å². The van der Waals surface area contributed by atoms with Crippen molar-refractivity contribution in [1.29, 1.82) is 0 Å². The quantitative estimate of drug-likeness (QED) is 0.415. The maximum Gasteiger partial charge on any atom is 0.257 e. The Morgan fingerprint density at radius 1 is 1.06 bits per heavy atom. The number of aryl methyl sites for hydroxylation is 2. The van der Waals surface area contributed by atoms with Crippen molar-refractivity contribution in [3.8, 4) is 11.8 Å². The predicted octanol–water partition coefficient (Wildman–Crippen LogP) is 4.71. The van der Waals surface area contributed by atoms with E-state index in [1.165, 1.54) is 18.4 Å². The Morgan fingerprint density at radius 2 is 1.91 bits per heavy atom. The van der Waals surface area contributed by atoms with E-state index in [0.29, 0.717) is 25.5 Å². The molecule has 32 heavy (non-hydrogen) atoms. The van der Waals surface area contributed by atoms with Crippen molar-refractivity contribution in [2.24, 2.45) is 5.41 Å². The fourth-order valence-electron chi connectivity index (χ4n) is 4.48. The molecule has 2 aliphatic rings. The molecule has 1 aliphatic heterocycles. The summed E-state index contributed by atoms with van der Waals surface area (Å²) in [6.45, 7) is 8.21. The van der Waals surface area contributed by atoms with Gasteiger partial charge >= 0.3 is 0 Å². The van der Waals surface area contributed by atoms with Crippen molar-refractivity contribution in [3.63, 3.8) is 0 Å². The maximum absolute atomic E-state index is 6.02. The lowest BCUT2D eigenvalue weighted by Crippen LogP contribution is -2.23. The van der Waals surface area contributed by atoms with Gasteiger partial charge in [-0.2, -0.15) is 4.98 Å². The van der Waals surface area contributed by atoms with Crippen LogP contribution in [0.25, 0.3) is 16.7 Å². The van der Waals surface area contributed by atoms with Gasteiger partial charge in [0.15, 0.2) is 0 Å². The van der Waals surface area contributed by atoms with Crippen molar-refractivity contribution < 1.29 is 4.74 Å².